The fraction of sp³-hybridized carbons (Fsp3) is 0.400. The molecule has 0 bridgehead atoms. The molecular weight excluding hydrogens is 467 g/mol. The van der Waals surface area contributed by atoms with Crippen LogP contribution in [0.2, 0.25) is 0 Å². The number of carbonyl (C=O) groups is 2. The SMILES string of the molecule is C=CC(=O)NC1CC(C(=O)N2CCC(O)(Cn3cnc4c(cnn4-c4ccc(F)cc4)c3=O)CC2)C1. The molecule has 2 aliphatic rings. The van der Waals surface area contributed by atoms with Crippen LogP contribution in [0.1, 0.15) is 25.7 Å². The van der Waals surface area contributed by atoms with E-state index in [-0.39, 0.29) is 41.7 Å². The van der Waals surface area contributed by atoms with Crippen LogP contribution in [-0.2, 0) is 16.1 Å². The van der Waals surface area contributed by atoms with E-state index in [9.17, 15) is 23.9 Å². The van der Waals surface area contributed by atoms with Crippen molar-refractivity contribution in [3.05, 3.63) is 65.6 Å². The van der Waals surface area contributed by atoms with E-state index < -0.39 is 5.60 Å². The summed E-state index contributed by atoms with van der Waals surface area (Å²) in [6.07, 6.45) is 5.89. The predicted molar refractivity (Wildman–Crippen MR) is 129 cm³/mol. The molecule has 10 nitrogen and oxygen atoms in total. The van der Waals surface area contributed by atoms with Crippen LogP contribution >= 0.6 is 0 Å². The van der Waals surface area contributed by atoms with Crippen molar-refractivity contribution < 1.29 is 19.1 Å². The number of hydrogen-bond acceptors (Lipinski definition) is 6. The number of hydrogen-bond donors (Lipinski definition) is 2. The van der Waals surface area contributed by atoms with Crippen molar-refractivity contribution in [1.29, 1.82) is 0 Å². The largest absolute Gasteiger partial charge is 0.388 e. The number of likely N-dealkylation sites (tertiary alicyclic amines) is 1. The lowest BCUT2D eigenvalue weighted by molar-refractivity contribution is -0.144. The minimum atomic E-state index is -1.15. The smallest absolute Gasteiger partial charge is 0.264 e. The zero-order valence-electron chi connectivity index (χ0n) is 19.6. The molecule has 3 aromatic rings. The Bertz CT molecular complexity index is 1370. The molecule has 2 aromatic heterocycles. The van der Waals surface area contributed by atoms with E-state index in [1.807, 2.05) is 0 Å². The molecule has 188 valence electrons. The molecule has 5 rings (SSSR count). The second-order valence-corrected chi connectivity index (χ2v) is 9.58. The van der Waals surface area contributed by atoms with Crippen molar-refractivity contribution in [3.8, 4) is 5.69 Å². The van der Waals surface area contributed by atoms with Gasteiger partial charge in [-0.1, -0.05) is 6.58 Å². The maximum atomic E-state index is 13.3. The summed E-state index contributed by atoms with van der Waals surface area (Å²) in [6.45, 7) is 4.26. The van der Waals surface area contributed by atoms with E-state index in [0.29, 0.717) is 55.5 Å². The molecule has 0 unspecified atom stereocenters. The highest BCUT2D eigenvalue weighted by atomic mass is 19.1. The van der Waals surface area contributed by atoms with Crippen molar-refractivity contribution in [2.75, 3.05) is 13.1 Å². The molecule has 1 aliphatic carbocycles. The fourth-order valence-corrected chi connectivity index (χ4v) is 4.91. The Hall–Kier alpha value is -3.86. The summed E-state index contributed by atoms with van der Waals surface area (Å²) in [5, 5.41) is 18.5. The Morgan fingerprint density at radius 1 is 1.22 bits per heavy atom. The van der Waals surface area contributed by atoms with Crippen LogP contribution in [0.4, 0.5) is 4.39 Å². The fourth-order valence-electron chi connectivity index (χ4n) is 4.91. The minimum Gasteiger partial charge on any atom is -0.388 e. The van der Waals surface area contributed by atoms with Crippen LogP contribution in [0, 0.1) is 11.7 Å². The van der Waals surface area contributed by atoms with Crippen molar-refractivity contribution in [2.45, 2.75) is 43.9 Å². The number of fused-ring (bicyclic) bond motifs is 1. The Labute approximate surface area is 206 Å². The summed E-state index contributed by atoms with van der Waals surface area (Å²) in [5.41, 5.74) is -0.559. The first-order valence-electron chi connectivity index (χ1n) is 11.9. The van der Waals surface area contributed by atoms with Crippen LogP contribution in [-0.4, -0.2) is 65.9 Å². The number of aromatic nitrogens is 4. The molecule has 11 heteroatoms. The van der Waals surface area contributed by atoms with Gasteiger partial charge in [0.2, 0.25) is 11.8 Å². The summed E-state index contributed by atoms with van der Waals surface area (Å²) in [5.74, 6) is -0.701. The lowest BCUT2D eigenvalue weighted by atomic mass is 9.78. The van der Waals surface area contributed by atoms with Gasteiger partial charge in [0.25, 0.3) is 5.56 Å². The number of carbonyl (C=O) groups excluding carboxylic acids is 2. The number of piperidine rings is 1. The van der Waals surface area contributed by atoms with Gasteiger partial charge in [0.05, 0.1) is 24.0 Å². The summed E-state index contributed by atoms with van der Waals surface area (Å²) < 4.78 is 16.1. The van der Waals surface area contributed by atoms with Crippen LogP contribution in [0.25, 0.3) is 16.7 Å². The molecule has 1 aliphatic heterocycles. The minimum absolute atomic E-state index is 0.00659. The molecule has 2 N–H and O–H groups in total. The highest BCUT2D eigenvalue weighted by Gasteiger charge is 2.41. The number of halogens is 1. The second-order valence-electron chi connectivity index (χ2n) is 9.58. The van der Waals surface area contributed by atoms with E-state index in [2.05, 4.69) is 22.0 Å². The summed E-state index contributed by atoms with van der Waals surface area (Å²) in [4.78, 5) is 43.4. The maximum Gasteiger partial charge on any atom is 0.264 e. The van der Waals surface area contributed by atoms with Crippen molar-refractivity contribution in [1.82, 2.24) is 29.5 Å². The van der Waals surface area contributed by atoms with Gasteiger partial charge in [0.15, 0.2) is 5.65 Å². The molecule has 0 atom stereocenters. The topological polar surface area (TPSA) is 122 Å². The summed E-state index contributed by atoms with van der Waals surface area (Å²) in [7, 11) is 0. The standard InChI is InChI=1S/C25H27FN6O4/c1-2-21(33)29-18-11-16(12-18)23(34)30-9-7-25(36,8-10-30)14-31-15-27-22-20(24(31)35)13-28-32(22)19-5-3-17(26)4-6-19/h2-6,13,15-16,18,36H,1,7-12,14H2,(H,29,33). The van der Waals surface area contributed by atoms with Gasteiger partial charge < -0.3 is 15.3 Å². The summed E-state index contributed by atoms with van der Waals surface area (Å²) >= 11 is 0. The Morgan fingerprint density at radius 2 is 1.92 bits per heavy atom. The molecule has 0 radical (unpaired) electrons. The molecule has 0 spiro atoms. The molecule has 2 amide bonds. The molecule has 36 heavy (non-hydrogen) atoms. The predicted octanol–water partition coefficient (Wildman–Crippen LogP) is 1.16. The molecule has 3 heterocycles. The van der Waals surface area contributed by atoms with Crippen LogP contribution in [0.3, 0.4) is 0 Å². The lowest BCUT2D eigenvalue weighted by Crippen LogP contribution is -2.54. The number of aliphatic hydroxyl groups is 1. The lowest BCUT2D eigenvalue weighted by Gasteiger charge is -2.42. The highest BCUT2D eigenvalue weighted by Crippen LogP contribution is 2.32. The molecule has 1 saturated heterocycles. The van der Waals surface area contributed by atoms with Gasteiger partial charge in [0.1, 0.15) is 17.5 Å². The number of nitrogens with one attached hydrogen (secondary N) is 1. The molecular formula is C25H27FN6O4. The Morgan fingerprint density at radius 3 is 2.58 bits per heavy atom. The quantitative estimate of drug-likeness (QED) is 0.496. The molecule has 1 aromatic carbocycles. The average Bonchev–Trinajstić information content (AvgIpc) is 3.28. The van der Waals surface area contributed by atoms with Gasteiger partial charge >= 0.3 is 0 Å². The van der Waals surface area contributed by atoms with Crippen molar-refractivity contribution >= 4 is 22.8 Å². The number of rotatable bonds is 6. The number of benzene rings is 1. The van der Waals surface area contributed by atoms with Crippen molar-refractivity contribution in [2.24, 2.45) is 5.92 Å². The van der Waals surface area contributed by atoms with Gasteiger partial charge in [-0.15, -0.1) is 0 Å². The first-order chi connectivity index (χ1) is 17.3. The normalized spacial score (nSPS) is 21.1. The highest BCUT2D eigenvalue weighted by molar-refractivity contribution is 5.87. The van der Waals surface area contributed by atoms with Crippen LogP contribution < -0.4 is 10.9 Å². The second kappa shape index (κ2) is 9.30. The van der Waals surface area contributed by atoms with Crippen molar-refractivity contribution in [3.63, 3.8) is 0 Å². The zero-order chi connectivity index (χ0) is 25.4. The summed E-state index contributed by atoms with van der Waals surface area (Å²) in [6, 6.07) is 5.70. The number of amides is 2. The maximum absolute atomic E-state index is 13.3. The third-order valence-corrected chi connectivity index (χ3v) is 7.12. The van der Waals surface area contributed by atoms with Gasteiger partial charge in [-0.25, -0.2) is 14.1 Å². The van der Waals surface area contributed by atoms with Crippen LogP contribution in [0.15, 0.2) is 54.2 Å². The van der Waals surface area contributed by atoms with Gasteiger partial charge in [-0.05, 0) is 56.0 Å². The van der Waals surface area contributed by atoms with E-state index >= 15 is 0 Å². The van der Waals surface area contributed by atoms with Gasteiger partial charge in [-0.2, -0.15) is 5.10 Å². The third-order valence-electron chi connectivity index (χ3n) is 7.12. The Balaban J connectivity index is 1.22. The van der Waals surface area contributed by atoms with Gasteiger partial charge in [0, 0.05) is 25.0 Å². The number of nitrogens with zero attached hydrogens (tertiary/aromatic N) is 5. The molecule has 2 fully saturated rings. The van der Waals surface area contributed by atoms with E-state index in [1.54, 1.807) is 17.0 Å². The first kappa shape index (κ1) is 23.9. The first-order valence-corrected chi connectivity index (χ1v) is 11.9. The third kappa shape index (κ3) is 4.53. The van der Waals surface area contributed by atoms with E-state index in [0.717, 1.165) is 0 Å². The monoisotopic (exact) mass is 494 g/mol. The Kier molecular flexibility index (Phi) is 6.17. The molecule has 1 saturated carbocycles. The van der Waals surface area contributed by atoms with E-state index in [4.69, 9.17) is 0 Å². The van der Waals surface area contributed by atoms with Crippen LogP contribution in [0.5, 0.6) is 0 Å². The average molecular weight is 495 g/mol. The van der Waals surface area contributed by atoms with Gasteiger partial charge in [-0.3, -0.25) is 19.0 Å². The van der Waals surface area contributed by atoms with E-state index in [1.165, 1.54) is 40.0 Å². The zero-order valence-corrected chi connectivity index (χ0v) is 19.6.